The molecule has 214 valence electrons. The van der Waals surface area contributed by atoms with Crippen LogP contribution in [0.4, 0.5) is 10.1 Å². The molecule has 0 aliphatic heterocycles. The van der Waals surface area contributed by atoms with Gasteiger partial charge < -0.3 is 10.2 Å². The summed E-state index contributed by atoms with van der Waals surface area (Å²) >= 11 is 0. The SMILES string of the molecule is CC[C@H](C)NC(=O)[C@H](CC)N(Cc1ccc(F)cc1)C(=O)CN(c1ccc(C)cc1C)S(=O)(=O)c1ccccc1. The number of halogens is 1. The van der Waals surface area contributed by atoms with Crippen molar-refractivity contribution in [3.05, 3.63) is 95.3 Å². The molecule has 0 bridgehead atoms. The summed E-state index contributed by atoms with van der Waals surface area (Å²) in [5.74, 6) is -1.29. The van der Waals surface area contributed by atoms with E-state index in [4.69, 9.17) is 0 Å². The van der Waals surface area contributed by atoms with Crippen LogP contribution >= 0.6 is 0 Å². The lowest BCUT2D eigenvalue weighted by atomic mass is 10.1. The Kier molecular flexibility index (Phi) is 10.5. The van der Waals surface area contributed by atoms with E-state index in [1.54, 1.807) is 56.3 Å². The summed E-state index contributed by atoms with van der Waals surface area (Å²) in [4.78, 5) is 28.8. The van der Waals surface area contributed by atoms with Gasteiger partial charge >= 0.3 is 0 Å². The molecule has 3 aromatic rings. The number of sulfonamides is 1. The molecule has 9 heteroatoms. The fourth-order valence-electron chi connectivity index (χ4n) is 4.47. The highest BCUT2D eigenvalue weighted by Gasteiger charge is 2.34. The molecule has 0 saturated heterocycles. The number of carbonyl (C=O) groups is 2. The first-order valence-electron chi connectivity index (χ1n) is 13.5. The lowest BCUT2D eigenvalue weighted by Gasteiger charge is -2.34. The van der Waals surface area contributed by atoms with Gasteiger partial charge in [-0.1, -0.05) is 61.9 Å². The molecule has 0 spiro atoms. The normalized spacial score (nSPS) is 12.8. The quantitative estimate of drug-likeness (QED) is 0.319. The van der Waals surface area contributed by atoms with Crippen molar-refractivity contribution in [2.45, 2.75) is 71.0 Å². The fraction of sp³-hybridized carbons (Fsp3) is 0.355. The van der Waals surface area contributed by atoms with Gasteiger partial charge in [-0.2, -0.15) is 0 Å². The van der Waals surface area contributed by atoms with Crippen LogP contribution in [0.15, 0.2) is 77.7 Å². The van der Waals surface area contributed by atoms with Crippen molar-refractivity contribution in [3.63, 3.8) is 0 Å². The average Bonchev–Trinajstić information content (AvgIpc) is 2.93. The molecule has 0 saturated carbocycles. The molecular weight excluding hydrogens is 529 g/mol. The number of nitrogens with one attached hydrogen (secondary N) is 1. The molecule has 2 amide bonds. The van der Waals surface area contributed by atoms with Crippen LogP contribution in [0.2, 0.25) is 0 Å². The third-order valence-corrected chi connectivity index (χ3v) is 8.66. The number of rotatable bonds is 12. The van der Waals surface area contributed by atoms with Crippen molar-refractivity contribution in [3.8, 4) is 0 Å². The summed E-state index contributed by atoms with van der Waals surface area (Å²) in [5.41, 5.74) is 2.64. The minimum absolute atomic E-state index is 0.0116. The van der Waals surface area contributed by atoms with E-state index >= 15 is 0 Å². The summed E-state index contributed by atoms with van der Waals surface area (Å²) in [7, 11) is -4.14. The zero-order chi connectivity index (χ0) is 29.4. The Morgan fingerprint density at radius 3 is 2.15 bits per heavy atom. The van der Waals surface area contributed by atoms with Crippen LogP contribution in [0.5, 0.6) is 0 Å². The lowest BCUT2D eigenvalue weighted by molar-refractivity contribution is -0.140. The second-order valence-corrected chi connectivity index (χ2v) is 11.9. The minimum Gasteiger partial charge on any atom is -0.352 e. The van der Waals surface area contributed by atoms with Crippen LogP contribution in [0.25, 0.3) is 0 Å². The van der Waals surface area contributed by atoms with Crippen molar-refractivity contribution in [1.82, 2.24) is 10.2 Å². The Balaban J connectivity index is 2.07. The Hall–Kier alpha value is -3.72. The first-order valence-corrected chi connectivity index (χ1v) is 14.9. The molecule has 0 aliphatic rings. The van der Waals surface area contributed by atoms with Gasteiger partial charge in [0.15, 0.2) is 0 Å². The summed E-state index contributed by atoms with van der Waals surface area (Å²) in [6.07, 6.45) is 1.02. The predicted octanol–water partition coefficient (Wildman–Crippen LogP) is 5.36. The smallest absolute Gasteiger partial charge is 0.264 e. The highest BCUT2D eigenvalue weighted by atomic mass is 32.2. The molecule has 0 aromatic heterocycles. The van der Waals surface area contributed by atoms with Crippen LogP contribution in [-0.4, -0.2) is 43.8 Å². The summed E-state index contributed by atoms with van der Waals surface area (Å²) in [6.45, 7) is 8.82. The average molecular weight is 568 g/mol. The Bertz CT molecular complexity index is 1410. The van der Waals surface area contributed by atoms with E-state index in [1.165, 1.54) is 29.2 Å². The van der Waals surface area contributed by atoms with Crippen molar-refractivity contribution >= 4 is 27.5 Å². The first-order chi connectivity index (χ1) is 19.0. The van der Waals surface area contributed by atoms with Crippen molar-refractivity contribution in [2.75, 3.05) is 10.8 Å². The van der Waals surface area contributed by atoms with E-state index in [2.05, 4.69) is 5.32 Å². The molecule has 3 aromatic carbocycles. The van der Waals surface area contributed by atoms with Gasteiger partial charge in [0.1, 0.15) is 18.4 Å². The van der Waals surface area contributed by atoms with Crippen molar-refractivity contribution < 1.29 is 22.4 Å². The van der Waals surface area contributed by atoms with Crippen LogP contribution < -0.4 is 9.62 Å². The van der Waals surface area contributed by atoms with Gasteiger partial charge in [-0.25, -0.2) is 12.8 Å². The van der Waals surface area contributed by atoms with Crippen molar-refractivity contribution in [1.29, 1.82) is 0 Å². The molecular formula is C31H38FN3O4S. The zero-order valence-electron chi connectivity index (χ0n) is 23.7. The summed E-state index contributed by atoms with van der Waals surface area (Å²) in [5, 5.41) is 2.94. The molecule has 3 rings (SSSR count). The third kappa shape index (κ3) is 7.47. The molecule has 0 radical (unpaired) electrons. The van der Waals surface area contributed by atoms with Crippen LogP contribution in [0.1, 0.15) is 50.3 Å². The van der Waals surface area contributed by atoms with E-state index in [-0.39, 0.29) is 23.4 Å². The fourth-order valence-corrected chi connectivity index (χ4v) is 5.97. The van der Waals surface area contributed by atoms with Gasteiger partial charge in [0.05, 0.1) is 10.6 Å². The molecule has 0 aliphatic carbocycles. The maximum Gasteiger partial charge on any atom is 0.264 e. The molecule has 40 heavy (non-hydrogen) atoms. The van der Waals surface area contributed by atoms with E-state index in [9.17, 15) is 22.4 Å². The number of hydrogen-bond donors (Lipinski definition) is 1. The van der Waals surface area contributed by atoms with Crippen LogP contribution in [-0.2, 0) is 26.2 Å². The second kappa shape index (κ2) is 13.6. The maximum atomic E-state index is 14.1. The predicted molar refractivity (Wildman–Crippen MR) is 156 cm³/mol. The zero-order valence-corrected chi connectivity index (χ0v) is 24.5. The first kappa shape index (κ1) is 30.8. The van der Waals surface area contributed by atoms with Crippen molar-refractivity contribution in [2.24, 2.45) is 0 Å². The molecule has 0 heterocycles. The lowest BCUT2D eigenvalue weighted by Crippen LogP contribution is -2.53. The Morgan fingerprint density at radius 1 is 0.925 bits per heavy atom. The number of amides is 2. The van der Waals surface area contributed by atoms with Crippen LogP contribution in [0, 0.1) is 19.7 Å². The number of aryl methyl sites for hydroxylation is 2. The number of nitrogens with zero attached hydrogens (tertiary/aromatic N) is 2. The van der Waals surface area contributed by atoms with Gasteiger partial charge in [-0.05, 0) is 75.1 Å². The highest BCUT2D eigenvalue weighted by Crippen LogP contribution is 2.28. The van der Waals surface area contributed by atoms with E-state index in [1.807, 2.05) is 26.8 Å². The Morgan fingerprint density at radius 2 is 1.57 bits per heavy atom. The third-order valence-electron chi connectivity index (χ3n) is 6.88. The summed E-state index contributed by atoms with van der Waals surface area (Å²) < 4.78 is 42.6. The van der Waals surface area contributed by atoms with Gasteiger partial charge in [0, 0.05) is 12.6 Å². The largest absolute Gasteiger partial charge is 0.352 e. The maximum absolute atomic E-state index is 14.1. The topological polar surface area (TPSA) is 86.8 Å². The van der Waals surface area contributed by atoms with Crippen LogP contribution in [0.3, 0.4) is 0 Å². The Labute approximate surface area is 237 Å². The van der Waals surface area contributed by atoms with Gasteiger partial charge in [0.25, 0.3) is 10.0 Å². The molecule has 0 unspecified atom stereocenters. The number of benzene rings is 3. The van der Waals surface area contributed by atoms with E-state index < -0.39 is 34.3 Å². The minimum atomic E-state index is -4.14. The highest BCUT2D eigenvalue weighted by molar-refractivity contribution is 7.92. The molecule has 0 fully saturated rings. The van der Waals surface area contributed by atoms with Gasteiger partial charge in [-0.3, -0.25) is 13.9 Å². The number of hydrogen-bond acceptors (Lipinski definition) is 4. The van der Waals surface area contributed by atoms with E-state index in [0.29, 0.717) is 29.7 Å². The van der Waals surface area contributed by atoms with Gasteiger partial charge in [-0.15, -0.1) is 0 Å². The summed E-state index contributed by atoms with van der Waals surface area (Å²) in [6, 6.07) is 18.0. The number of carbonyl (C=O) groups excluding carboxylic acids is 2. The molecule has 2 atom stereocenters. The monoisotopic (exact) mass is 567 g/mol. The van der Waals surface area contributed by atoms with Gasteiger partial charge in [0.2, 0.25) is 11.8 Å². The standard InChI is InChI=1S/C31H38FN3O4S/c1-6-24(5)33-31(37)28(7-2)34(20-25-14-16-26(32)17-15-25)30(36)21-35(29-18-13-22(3)19-23(29)4)40(38,39)27-11-9-8-10-12-27/h8-19,24,28H,6-7,20-21H2,1-5H3,(H,33,37)/t24-,28-/m0/s1. The second-order valence-electron chi connectivity index (χ2n) is 10.0. The van der Waals surface area contributed by atoms with E-state index in [0.717, 1.165) is 9.87 Å². The molecule has 1 N–H and O–H groups in total. The molecule has 7 nitrogen and oxygen atoms in total. The number of anilines is 1.